The standard InChI is InChI=1S/C18H19N3/c1-18(2,3)12-11-17-20-14-8-4-5-9-15(14)21(17)16-10-6-7-13-19-16/h4-13H,1-3H3. The van der Waals surface area contributed by atoms with Crippen molar-refractivity contribution in [2.24, 2.45) is 5.41 Å². The third-order valence-corrected chi connectivity index (χ3v) is 3.20. The van der Waals surface area contributed by atoms with E-state index in [0.717, 1.165) is 22.7 Å². The van der Waals surface area contributed by atoms with Gasteiger partial charge in [0, 0.05) is 6.20 Å². The van der Waals surface area contributed by atoms with Crippen molar-refractivity contribution in [1.29, 1.82) is 0 Å². The van der Waals surface area contributed by atoms with Gasteiger partial charge in [0.25, 0.3) is 0 Å². The third kappa shape index (κ3) is 2.87. The fourth-order valence-electron chi connectivity index (χ4n) is 2.21. The molecule has 0 spiro atoms. The Bertz CT molecular complexity index is 777. The molecule has 0 saturated heterocycles. The predicted octanol–water partition coefficient (Wildman–Crippen LogP) is 4.48. The summed E-state index contributed by atoms with van der Waals surface area (Å²) in [5.41, 5.74) is 2.18. The van der Waals surface area contributed by atoms with Gasteiger partial charge in [-0.25, -0.2) is 9.97 Å². The summed E-state index contributed by atoms with van der Waals surface area (Å²) in [6.45, 7) is 6.53. The lowest BCUT2D eigenvalue weighted by molar-refractivity contribution is 0.547. The zero-order valence-electron chi connectivity index (χ0n) is 12.6. The van der Waals surface area contributed by atoms with Crippen LogP contribution >= 0.6 is 0 Å². The molecule has 0 amide bonds. The Morgan fingerprint density at radius 2 is 1.76 bits per heavy atom. The van der Waals surface area contributed by atoms with Crippen molar-refractivity contribution < 1.29 is 0 Å². The van der Waals surface area contributed by atoms with Gasteiger partial charge in [-0.15, -0.1) is 0 Å². The zero-order valence-corrected chi connectivity index (χ0v) is 12.6. The Kier molecular flexibility index (Phi) is 3.34. The molecule has 0 aliphatic rings. The van der Waals surface area contributed by atoms with Crippen LogP contribution in [-0.2, 0) is 0 Å². The number of fused-ring (bicyclic) bond motifs is 1. The number of aromatic nitrogens is 3. The summed E-state index contributed by atoms with van der Waals surface area (Å²) in [6, 6.07) is 14.1. The monoisotopic (exact) mass is 277 g/mol. The summed E-state index contributed by atoms with van der Waals surface area (Å²) in [5, 5.41) is 0. The SMILES string of the molecule is CC(C)(C)C=Cc1nc2ccccc2n1-c1ccccn1. The number of para-hydroxylation sites is 2. The number of benzene rings is 1. The minimum absolute atomic E-state index is 0.118. The summed E-state index contributed by atoms with van der Waals surface area (Å²) >= 11 is 0. The van der Waals surface area contributed by atoms with Crippen LogP contribution in [0, 0.1) is 5.41 Å². The Labute approximate surface area is 125 Å². The van der Waals surface area contributed by atoms with Crippen LogP contribution in [0.2, 0.25) is 0 Å². The fraction of sp³-hybridized carbons (Fsp3) is 0.222. The quantitative estimate of drug-likeness (QED) is 0.691. The van der Waals surface area contributed by atoms with Gasteiger partial charge >= 0.3 is 0 Å². The number of hydrogen-bond acceptors (Lipinski definition) is 2. The van der Waals surface area contributed by atoms with E-state index < -0.39 is 0 Å². The Balaban J connectivity index is 2.22. The smallest absolute Gasteiger partial charge is 0.139 e. The summed E-state index contributed by atoms with van der Waals surface area (Å²) in [5.74, 6) is 1.80. The van der Waals surface area contributed by atoms with E-state index in [2.05, 4.69) is 48.5 Å². The van der Waals surface area contributed by atoms with Gasteiger partial charge in [0.1, 0.15) is 11.6 Å². The maximum absolute atomic E-state index is 4.73. The second kappa shape index (κ2) is 5.17. The van der Waals surface area contributed by atoms with Gasteiger partial charge in [-0.05, 0) is 35.8 Å². The van der Waals surface area contributed by atoms with Crippen molar-refractivity contribution in [2.45, 2.75) is 20.8 Å². The predicted molar refractivity (Wildman–Crippen MR) is 87.4 cm³/mol. The van der Waals surface area contributed by atoms with Crippen molar-refractivity contribution in [2.75, 3.05) is 0 Å². The molecule has 0 radical (unpaired) electrons. The van der Waals surface area contributed by atoms with Gasteiger partial charge in [0.05, 0.1) is 11.0 Å². The van der Waals surface area contributed by atoms with E-state index in [1.54, 1.807) is 6.20 Å². The van der Waals surface area contributed by atoms with Crippen molar-refractivity contribution in [1.82, 2.24) is 14.5 Å². The van der Waals surface area contributed by atoms with Crippen LogP contribution in [0.25, 0.3) is 22.9 Å². The van der Waals surface area contributed by atoms with Gasteiger partial charge in [0.15, 0.2) is 0 Å². The molecular formula is C18H19N3. The molecule has 0 fully saturated rings. The van der Waals surface area contributed by atoms with E-state index in [9.17, 15) is 0 Å². The van der Waals surface area contributed by atoms with Crippen LogP contribution in [0.3, 0.4) is 0 Å². The van der Waals surface area contributed by atoms with Gasteiger partial charge in [-0.3, -0.25) is 4.57 Å². The Morgan fingerprint density at radius 1 is 1.00 bits per heavy atom. The highest BCUT2D eigenvalue weighted by Gasteiger charge is 2.12. The maximum Gasteiger partial charge on any atom is 0.139 e. The molecule has 106 valence electrons. The normalized spacial score (nSPS) is 12.3. The van der Waals surface area contributed by atoms with E-state index in [1.807, 2.05) is 36.4 Å². The van der Waals surface area contributed by atoms with Crippen molar-refractivity contribution in [3.63, 3.8) is 0 Å². The van der Waals surface area contributed by atoms with Crippen molar-refractivity contribution in [3.05, 3.63) is 60.6 Å². The highest BCUT2D eigenvalue weighted by molar-refractivity contribution is 5.79. The van der Waals surface area contributed by atoms with E-state index in [4.69, 9.17) is 4.98 Å². The van der Waals surface area contributed by atoms with E-state index >= 15 is 0 Å². The van der Waals surface area contributed by atoms with E-state index in [-0.39, 0.29) is 5.41 Å². The van der Waals surface area contributed by atoms with Crippen LogP contribution in [0.15, 0.2) is 54.7 Å². The lowest BCUT2D eigenvalue weighted by Gasteiger charge is -2.11. The lowest BCUT2D eigenvalue weighted by Crippen LogP contribution is -2.02. The molecule has 0 N–H and O–H groups in total. The minimum Gasteiger partial charge on any atom is -0.277 e. The molecule has 3 rings (SSSR count). The highest BCUT2D eigenvalue weighted by Crippen LogP contribution is 2.23. The number of hydrogen-bond donors (Lipinski definition) is 0. The van der Waals surface area contributed by atoms with Crippen LogP contribution in [0.4, 0.5) is 0 Å². The fourth-order valence-corrected chi connectivity index (χ4v) is 2.21. The van der Waals surface area contributed by atoms with E-state index in [1.165, 1.54) is 0 Å². The van der Waals surface area contributed by atoms with Crippen LogP contribution in [-0.4, -0.2) is 14.5 Å². The average molecular weight is 277 g/mol. The maximum atomic E-state index is 4.73. The molecule has 3 nitrogen and oxygen atoms in total. The van der Waals surface area contributed by atoms with Crippen molar-refractivity contribution in [3.8, 4) is 5.82 Å². The van der Waals surface area contributed by atoms with Crippen LogP contribution < -0.4 is 0 Å². The number of imidazole rings is 1. The molecule has 0 aliphatic carbocycles. The molecule has 1 aromatic carbocycles. The second-order valence-corrected chi connectivity index (χ2v) is 6.18. The lowest BCUT2D eigenvalue weighted by atomic mass is 9.96. The Hall–Kier alpha value is -2.42. The van der Waals surface area contributed by atoms with Crippen molar-refractivity contribution >= 4 is 17.1 Å². The third-order valence-electron chi connectivity index (χ3n) is 3.20. The molecule has 21 heavy (non-hydrogen) atoms. The van der Waals surface area contributed by atoms with Crippen LogP contribution in [0.5, 0.6) is 0 Å². The number of nitrogens with zero attached hydrogens (tertiary/aromatic N) is 3. The molecule has 3 aromatic rings. The largest absolute Gasteiger partial charge is 0.277 e. The number of rotatable bonds is 2. The first-order valence-electron chi connectivity index (χ1n) is 7.13. The molecular weight excluding hydrogens is 258 g/mol. The molecule has 0 aliphatic heterocycles. The first kappa shape index (κ1) is 13.6. The molecule has 0 atom stereocenters. The van der Waals surface area contributed by atoms with Crippen LogP contribution in [0.1, 0.15) is 26.6 Å². The molecule has 0 unspecified atom stereocenters. The minimum atomic E-state index is 0.118. The topological polar surface area (TPSA) is 30.7 Å². The number of allylic oxidation sites excluding steroid dienone is 1. The van der Waals surface area contributed by atoms with Gasteiger partial charge in [0.2, 0.25) is 0 Å². The molecule has 2 aromatic heterocycles. The summed E-state index contributed by atoms with van der Waals surface area (Å²) in [7, 11) is 0. The molecule has 2 heterocycles. The zero-order chi connectivity index (χ0) is 14.9. The summed E-state index contributed by atoms with van der Waals surface area (Å²) in [4.78, 5) is 9.19. The first-order chi connectivity index (χ1) is 10.0. The molecule has 0 bridgehead atoms. The number of pyridine rings is 1. The average Bonchev–Trinajstić information content (AvgIpc) is 2.84. The Morgan fingerprint density at radius 3 is 2.48 bits per heavy atom. The second-order valence-electron chi connectivity index (χ2n) is 6.18. The molecule has 0 saturated carbocycles. The van der Waals surface area contributed by atoms with Gasteiger partial charge in [-0.1, -0.05) is 45.0 Å². The summed E-state index contributed by atoms with van der Waals surface area (Å²) in [6.07, 6.45) is 6.06. The first-order valence-corrected chi connectivity index (χ1v) is 7.13. The van der Waals surface area contributed by atoms with Gasteiger partial charge in [-0.2, -0.15) is 0 Å². The highest BCUT2D eigenvalue weighted by atomic mass is 15.1. The summed E-state index contributed by atoms with van der Waals surface area (Å²) < 4.78 is 2.09. The van der Waals surface area contributed by atoms with Gasteiger partial charge < -0.3 is 0 Å². The molecule has 3 heteroatoms. The van der Waals surface area contributed by atoms with E-state index in [0.29, 0.717) is 0 Å².